The van der Waals surface area contributed by atoms with Crippen molar-refractivity contribution in [1.29, 1.82) is 0 Å². The molecule has 0 bridgehead atoms. The Labute approximate surface area is 135 Å². The Balaban J connectivity index is 1.94. The molecule has 0 radical (unpaired) electrons. The van der Waals surface area contributed by atoms with Gasteiger partial charge in [0.05, 0.1) is 11.3 Å². The van der Waals surface area contributed by atoms with Gasteiger partial charge in [-0.2, -0.15) is 13.2 Å². The first-order chi connectivity index (χ1) is 11.4. The summed E-state index contributed by atoms with van der Waals surface area (Å²) in [7, 11) is 0. The molecule has 0 unspecified atom stereocenters. The van der Waals surface area contributed by atoms with Gasteiger partial charge in [0.15, 0.2) is 0 Å². The van der Waals surface area contributed by atoms with Gasteiger partial charge in [-0.15, -0.1) is 0 Å². The summed E-state index contributed by atoms with van der Waals surface area (Å²) in [5, 5.41) is 1.06. The fourth-order valence-corrected chi connectivity index (χ4v) is 2.29. The molecule has 0 atom stereocenters. The third-order valence-corrected chi connectivity index (χ3v) is 3.43. The summed E-state index contributed by atoms with van der Waals surface area (Å²) < 4.78 is 38.2. The van der Waals surface area contributed by atoms with E-state index in [9.17, 15) is 22.8 Å². The van der Waals surface area contributed by atoms with Crippen molar-refractivity contribution in [3.63, 3.8) is 0 Å². The van der Waals surface area contributed by atoms with Gasteiger partial charge in [-0.05, 0) is 35.9 Å². The molecule has 2 amide bonds. The largest absolute Gasteiger partial charge is 0.416 e. The average molecular weight is 332 g/mol. The van der Waals surface area contributed by atoms with Crippen molar-refractivity contribution in [2.75, 3.05) is 5.01 Å². The van der Waals surface area contributed by atoms with E-state index in [1.165, 1.54) is 12.1 Å². The molecule has 1 heterocycles. The van der Waals surface area contributed by atoms with Crippen molar-refractivity contribution in [2.24, 2.45) is 0 Å². The van der Waals surface area contributed by atoms with Crippen LogP contribution in [-0.4, -0.2) is 11.8 Å². The number of halogens is 3. The molecule has 3 rings (SSSR count). The summed E-state index contributed by atoms with van der Waals surface area (Å²) in [6.45, 7) is 0. The molecule has 1 N–H and O–H groups in total. The predicted molar refractivity (Wildman–Crippen MR) is 81.5 cm³/mol. The van der Waals surface area contributed by atoms with Gasteiger partial charge in [-0.3, -0.25) is 15.0 Å². The fourth-order valence-electron chi connectivity index (χ4n) is 2.29. The number of hydrazine groups is 1. The van der Waals surface area contributed by atoms with E-state index in [4.69, 9.17) is 0 Å². The maximum absolute atomic E-state index is 12.7. The second kappa shape index (κ2) is 5.84. The molecule has 2 aromatic carbocycles. The lowest BCUT2D eigenvalue weighted by Gasteiger charge is -2.13. The summed E-state index contributed by atoms with van der Waals surface area (Å²) >= 11 is 0. The number of nitrogens with zero attached hydrogens (tertiary/aromatic N) is 1. The summed E-state index contributed by atoms with van der Waals surface area (Å²) in [6.07, 6.45) is -3.34. The molecule has 0 saturated carbocycles. The summed E-state index contributed by atoms with van der Waals surface area (Å²) in [4.78, 5) is 24.3. The number of carbonyl (C=O) groups excluding carboxylic acids is 2. The molecule has 0 spiro atoms. The van der Waals surface area contributed by atoms with Crippen LogP contribution in [0.1, 0.15) is 11.1 Å². The van der Waals surface area contributed by atoms with Crippen LogP contribution in [0, 0.1) is 0 Å². The van der Waals surface area contributed by atoms with E-state index in [-0.39, 0.29) is 11.1 Å². The molecule has 122 valence electrons. The lowest BCUT2D eigenvalue weighted by atomic mass is 10.1. The van der Waals surface area contributed by atoms with E-state index in [2.05, 4.69) is 5.43 Å². The molecule has 24 heavy (non-hydrogen) atoms. The minimum absolute atomic E-state index is 0.123. The molecular weight excluding hydrogens is 321 g/mol. The fraction of sp³-hybridized carbons (Fsp3) is 0.0588. The lowest BCUT2D eigenvalue weighted by molar-refractivity contribution is -0.137. The van der Waals surface area contributed by atoms with Gasteiger partial charge < -0.3 is 0 Å². The zero-order valence-electron chi connectivity index (χ0n) is 12.2. The van der Waals surface area contributed by atoms with Crippen molar-refractivity contribution < 1.29 is 22.8 Å². The molecule has 0 aliphatic carbocycles. The summed E-state index contributed by atoms with van der Waals surface area (Å²) in [5.74, 6) is -1.29. The molecule has 1 aliphatic rings. The number of nitrogens with one attached hydrogen (secondary N) is 1. The van der Waals surface area contributed by atoms with E-state index in [1.807, 2.05) is 0 Å². The minimum Gasteiger partial charge on any atom is -0.267 e. The summed E-state index contributed by atoms with van der Waals surface area (Å²) in [6, 6.07) is 12.8. The number of alkyl halides is 3. The van der Waals surface area contributed by atoms with Crippen LogP contribution >= 0.6 is 0 Å². The molecule has 1 fully saturated rings. The third-order valence-electron chi connectivity index (χ3n) is 3.43. The number of amides is 2. The van der Waals surface area contributed by atoms with Crippen molar-refractivity contribution in [3.8, 4) is 0 Å². The van der Waals surface area contributed by atoms with Crippen LogP contribution in [0.2, 0.25) is 0 Å². The van der Waals surface area contributed by atoms with Gasteiger partial charge in [0.2, 0.25) is 0 Å². The minimum atomic E-state index is -4.49. The Morgan fingerprint density at radius 1 is 0.958 bits per heavy atom. The SMILES string of the molecule is O=C1NN(c2ccccc2)C(=O)/C1=C\c1cccc(C(F)(F)F)c1. The van der Waals surface area contributed by atoms with Crippen LogP contribution < -0.4 is 10.4 Å². The first-order valence-electron chi connectivity index (χ1n) is 6.96. The Kier molecular flexibility index (Phi) is 3.84. The predicted octanol–water partition coefficient (Wildman–Crippen LogP) is 3.17. The third kappa shape index (κ3) is 3.01. The number of carbonyl (C=O) groups is 2. The maximum Gasteiger partial charge on any atom is 0.416 e. The Morgan fingerprint density at radius 2 is 1.67 bits per heavy atom. The molecule has 7 heteroatoms. The van der Waals surface area contributed by atoms with Crippen molar-refractivity contribution in [3.05, 3.63) is 71.3 Å². The first kappa shape index (κ1) is 15.8. The van der Waals surface area contributed by atoms with Crippen LogP contribution in [0.15, 0.2) is 60.2 Å². The highest BCUT2D eigenvalue weighted by Crippen LogP contribution is 2.30. The molecular formula is C17H11F3N2O2. The van der Waals surface area contributed by atoms with Crippen molar-refractivity contribution in [1.82, 2.24) is 5.43 Å². The highest BCUT2D eigenvalue weighted by Gasteiger charge is 2.35. The van der Waals surface area contributed by atoms with Crippen LogP contribution in [0.3, 0.4) is 0 Å². The average Bonchev–Trinajstić information content (AvgIpc) is 2.83. The van der Waals surface area contributed by atoms with Gasteiger partial charge in [-0.1, -0.05) is 30.3 Å². The second-order valence-electron chi connectivity index (χ2n) is 5.10. The number of rotatable bonds is 2. The Bertz CT molecular complexity index is 829. The van der Waals surface area contributed by atoms with Gasteiger partial charge in [0, 0.05) is 0 Å². The molecule has 4 nitrogen and oxygen atoms in total. The van der Waals surface area contributed by atoms with Crippen LogP contribution in [0.5, 0.6) is 0 Å². The highest BCUT2D eigenvalue weighted by atomic mass is 19.4. The maximum atomic E-state index is 12.7. The number of anilines is 1. The van der Waals surface area contributed by atoms with E-state index in [1.54, 1.807) is 30.3 Å². The van der Waals surface area contributed by atoms with Gasteiger partial charge in [0.1, 0.15) is 5.57 Å². The number of hydrogen-bond acceptors (Lipinski definition) is 2. The van der Waals surface area contributed by atoms with Crippen LogP contribution in [0.25, 0.3) is 6.08 Å². The normalized spacial score (nSPS) is 16.6. The molecule has 2 aromatic rings. The Hall–Kier alpha value is -3.09. The van der Waals surface area contributed by atoms with Gasteiger partial charge in [0.25, 0.3) is 11.8 Å². The standard InChI is InChI=1S/C17H11F3N2O2/c18-17(19,20)12-6-4-5-11(9-12)10-14-15(23)21-22(16(14)24)13-7-2-1-3-8-13/h1-10H,(H,21,23)/b14-10-. The number of para-hydroxylation sites is 1. The van der Waals surface area contributed by atoms with Crippen molar-refractivity contribution in [2.45, 2.75) is 6.18 Å². The van der Waals surface area contributed by atoms with Gasteiger partial charge >= 0.3 is 6.18 Å². The molecule has 1 saturated heterocycles. The monoisotopic (exact) mass is 332 g/mol. The molecule has 1 aliphatic heterocycles. The zero-order valence-corrected chi connectivity index (χ0v) is 12.2. The molecule has 0 aromatic heterocycles. The van der Waals surface area contributed by atoms with E-state index >= 15 is 0 Å². The van der Waals surface area contributed by atoms with Crippen LogP contribution in [0.4, 0.5) is 18.9 Å². The topological polar surface area (TPSA) is 49.4 Å². The summed E-state index contributed by atoms with van der Waals surface area (Å²) in [5.41, 5.74) is 1.91. The van der Waals surface area contributed by atoms with E-state index < -0.39 is 23.6 Å². The zero-order chi connectivity index (χ0) is 17.3. The number of hydrogen-bond donors (Lipinski definition) is 1. The number of benzene rings is 2. The second-order valence-corrected chi connectivity index (χ2v) is 5.10. The smallest absolute Gasteiger partial charge is 0.267 e. The van der Waals surface area contributed by atoms with Crippen LogP contribution in [-0.2, 0) is 15.8 Å². The highest BCUT2D eigenvalue weighted by molar-refractivity contribution is 6.31. The van der Waals surface area contributed by atoms with Gasteiger partial charge in [-0.25, -0.2) is 5.01 Å². The van der Waals surface area contributed by atoms with Crippen molar-refractivity contribution >= 4 is 23.6 Å². The quantitative estimate of drug-likeness (QED) is 0.678. The van der Waals surface area contributed by atoms with E-state index in [0.29, 0.717) is 5.69 Å². The Morgan fingerprint density at radius 3 is 2.33 bits per heavy atom. The first-order valence-corrected chi connectivity index (χ1v) is 6.96. The lowest BCUT2D eigenvalue weighted by Crippen LogP contribution is -2.35. The van der Waals surface area contributed by atoms with E-state index in [0.717, 1.165) is 23.2 Å².